The molecule has 1 nitrogen and oxygen atoms in total. The predicted octanol–water partition coefficient (Wildman–Crippen LogP) is 1.57. The summed E-state index contributed by atoms with van der Waals surface area (Å²) in [6.07, 6.45) is 1.03. The van der Waals surface area contributed by atoms with E-state index in [-0.39, 0.29) is 13.0 Å². The number of halogens is 3. The van der Waals surface area contributed by atoms with E-state index in [0.29, 0.717) is 16.8 Å². The second-order valence-electron chi connectivity index (χ2n) is 2.29. The molecule has 1 fully saturated rings. The Morgan fingerprint density at radius 1 is 1.30 bits per heavy atom. The molecule has 0 amide bonds. The van der Waals surface area contributed by atoms with Gasteiger partial charge in [0, 0.05) is 0 Å². The van der Waals surface area contributed by atoms with E-state index in [0.717, 1.165) is 0 Å². The van der Waals surface area contributed by atoms with Crippen molar-refractivity contribution >= 4 is 15.6 Å². The molecule has 0 aliphatic carbocycles. The first kappa shape index (κ1) is 8.37. The van der Waals surface area contributed by atoms with Gasteiger partial charge in [0.25, 0.3) is 0 Å². The predicted molar refractivity (Wildman–Crippen MR) is 32.4 cm³/mol. The summed E-state index contributed by atoms with van der Waals surface area (Å²) < 4.78 is 37.7. The molecular formula is C5H8F3NSe. The van der Waals surface area contributed by atoms with Crippen LogP contribution in [0.4, 0.5) is 12.3 Å². The molecule has 5 heteroatoms. The molecule has 0 spiro atoms. The van der Waals surface area contributed by atoms with Crippen LogP contribution in [-0.2, 0) is 0 Å². The SMILES string of the molecule is F[Se]N1CCCCC1(F)F. The third kappa shape index (κ3) is 1.65. The van der Waals surface area contributed by atoms with Gasteiger partial charge in [0.15, 0.2) is 0 Å². The van der Waals surface area contributed by atoms with Gasteiger partial charge in [0.05, 0.1) is 0 Å². The second kappa shape index (κ2) is 3.11. The quantitative estimate of drug-likeness (QED) is 0.477. The Kier molecular flexibility index (Phi) is 2.60. The third-order valence-corrected chi connectivity index (χ3v) is 2.83. The molecule has 0 unspecified atom stereocenters. The maximum absolute atomic E-state index is 12.6. The van der Waals surface area contributed by atoms with Gasteiger partial charge in [-0.25, -0.2) is 0 Å². The van der Waals surface area contributed by atoms with E-state index in [1.165, 1.54) is 0 Å². The van der Waals surface area contributed by atoms with Gasteiger partial charge in [-0.3, -0.25) is 0 Å². The summed E-state index contributed by atoms with van der Waals surface area (Å²) in [6, 6.07) is -2.87. The van der Waals surface area contributed by atoms with Crippen LogP contribution in [0.15, 0.2) is 0 Å². The first-order valence-electron chi connectivity index (χ1n) is 3.11. The zero-order valence-corrected chi connectivity index (χ0v) is 7.03. The zero-order valence-electron chi connectivity index (χ0n) is 5.32. The average Bonchev–Trinajstić information content (AvgIpc) is 1.87. The maximum atomic E-state index is 12.6. The Balaban J connectivity index is 2.51. The van der Waals surface area contributed by atoms with Crippen LogP contribution < -0.4 is 0 Å². The molecule has 0 N–H and O–H groups in total. The van der Waals surface area contributed by atoms with Crippen molar-refractivity contribution in [1.29, 1.82) is 0 Å². The van der Waals surface area contributed by atoms with Crippen LogP contribution in [0.3, 0.4) is 0 Å². The van der Waals surface area contributed by atoms with Gasteiger partial charge in [-0.05, 0) is 0 Å². The van der Waals surface area contributed by atoms with Crippen LogP contribution in [-0.4, -0.2) is 32.1 Å². The summed E-state index contributed by atoms with van der Waals surface area (Å²) in [5.41, 5.74) is 0. The van der Waals surface area contributed by atoms with Crippen LogP contribution in [0.1, 0.15) is 19.3 Å². The fraction of sp³-hybridized carbons (Fsp3) is 1.00. The molecule has 0 saturated carbocycles. The Hall–Kier alpha value is 0.269. The van der Waals surface area contributed by atoms with Crippen molar-refractivity contribution < 1.29 is 12.3 Å². The van der Waals surface area contributed by atoms with Crippen molar-refractivity contribution in [3.8, 4) is 0 Å². The molecule has 10 heavy (non-hydrogen) atoms. The van der Waals surface area contributed by atoms with Crippen molar-refractivity contribution in [2.75, 3.05) is 6.54 Å². The molecule has 1 aliphatic heterocycles. The van der Waals surface area contributed by atoms with Gasteiger partial charge in [-0.2, -0.15) is 0 Å². The van der Waals surface area contributed by atoms with Crippen molar-refractivity contribution in [2.24, 2.45) is 0 Å². The number of rotatable bonds is 1. The number of nitrogens with zero attached hydrogens (tertiary/aromatic N) is 1. The van der Waals surface area contributed by atoms with E-state index in [1.54, 1.807) is 0 Å². The minimum absolute atomic E-state index is 0.182. The van der Waals surface area contributed by atoms with E-state index in [9.17, 15) is 12.3 Å². The molecule has 1 heterocycles. The number of alkyl halides is 2. The fourth-order valence-corrected chi connectivity index (χ4v) is 1.79. The number of piperidine rings is 1. The summed E-state index contributed by atoms with van der Waals surface area (Å²) in [7, 11) is 0. The van der Waals surface area contributed by atoms with Gasteiger partial charge >= 0.3 is 63.7 Å². The molecule has 1 aliphatic rings. The van der Waals surface area contributed by atoms with Crippen LogP contribution in [0.25, 0.3) is 0 Å². The molecule has 60 valence electrons. The summed E-state index contributed by atoms with van der Waals surface area (Å²) in [4.78, 5) is 0. The summed E-state index contributed by atoms with van der Waals surface area (Å²) in [5.74, 6) is 0. The number of hydrogen-bond donors (Lipinski definition) is 0. The molecule has 1 rings (SSSR count). The van der Waals surface area contributed by atoms with Crippen LogP contribution in [0.2, 0.25) is 0 Å². The molecular weight excluding hydrogens is 210 g/mol. The van der Waals surface area contributed by atoms with Gasteiger partial charge in [0.1, 0.15) is 0 Å². The molecule has 0 aromatic heterocycles. The molecule has 0 radical (unpaired) electrons. The first-order valence-corrected chi connectivity index (χ1v) is 4.52. The van der Waals surface area contributed by atoms with Gasteiger partial charge in [0.2, 0.25) is 0 Å². The normalized spacial score (nSPS) is 26.7. The zero-order chi connectivity index (χ0) is 7.61. The molecule has 0 aromatic rings. The van der Waals surface area contributed by atoms with Crippen molar-refractivity contribution in [2.45, 2.75) is 25.3 Å². The van der Waals surface area contributed by atoms with E-state index in [4.69, 9.17) is 0 Å². The Labute approximate surface area is 64.4 Å². The third-order valence-electron chi connectivity index (χ3n) is 1.54. The van der Waals surface area contributed by atoms with Gasteiger partial charge < -0.3 is 0 Å². The van der Waals surface area contributed by atoms with Crippen LogP contribution in [0.5, 0.6) is 0 Å². The number of hydrogen-bond acceptors (Lipinski definition) is 1. The monoisotopic (exact) mass is 219 g/mol. The van der Waals surface area contributed by atoms with E-state index >= 15 is 0 Å². The minimum atomic E-state index is -2.87. The molecule has 1 saturated heterocycles. The van der Waals surface area contributed by atoms with E-state index in [1.807, 2.05) is 0 Å². The van der Waals surface area contributed by atoms with Gasteiger partial charge in [-0.1, -0.05) is 0 Å². The topological polar surface area (TPSA) is 3.24 Å². The fourth-order valence-electron chi connectivity index (χ4n) is 0.966. The van der Waals surface area contributed by atoms with E-state index in [2.05, 4.69) is 0 Å². The van der Waals surface area contributed by atoms with E-state index < -0.39 is 21.7 Å². The molecule has 0 bridgehead atoms. The Bertz CT molecular complexity index is 119. The Morgan fingerprint density at radius 2 is 2.00 bits per heavy atom. The van der Waals surface area contributed by atoms with Crippen molar-refractivity contribution in [1.82, 2.24) is 3.92 Å². The van der Waals surface area contributed by atoms with Crippen molar-refractivity contribution in [3.05, 3.63) is 0 Å². The molecule has 0 atom stereocenters. The van der Waals surface area contributed by atoms with Gasteiger partial charge in [-0.15, -0.1) is 0 Å². The first-order chi connectivity index (χ1) is 4.67. The van der Waals surface area contributed by atoms with Crippen molar-refractivity contribution in [3.63, 3.8) is 0 Å². The second-order valence-corrected chi connectivity index (χ2v) is 3.51. The summed E-state index contributed by atoms with van der Waals surface area (Å²) in [6.45, 7) is 0.212. The van der Waals surface area contributed by atoms with Crippen LogP contribution >= 0.6 is 0 Å². The molecule has 0 aromatic carbocycles. The summed E-state index contributed by atoms with van der Waals surface area (Å²) >= 11 is -1.54. The Morgan fingerprint density at radius 3 is 2.40 bits per heavy atom. The standard InChI is InChI=1S/C5H8F3NSe/c6-5(7)3-1-2-4-9(5)10-8/h1-4H2. The average molecular weight is 218 g/mol. The summed E-state index contributed by atoms with van der Waals surface area (Å²) in [5, 5.41) is 0. The van der Waals surface area contributed by atoms with Crippen LogP contribution in [0, 0.1) is 0 Å².